The zero-order valence-corrected chi connectivity index (χ0v) is 25.2. The third kappa shape index (κ3) is 5.11. The number of hydrogen-bond acceptors (Lipinski definition) is 6. The number of aliphatic hydroxyl groups is 1. The molecule has 1 fully saturated rings. The van der Waals surface area contributed by atoms with E-state index < -0.39 is 28.7 Å². The summed E-state index contributed by atoms with van der Waals surface area (Å²) in [6.07, 6.45) is 2.95. The molecular formula is C29H31Cl3F2N4O3. The lowest BCUT2D eigenvalue weighted by atomic mass is 9.71. The van der Waals surface area contributed by atoms with E-state index in [9.17, 15) is 9.90 Å². The molecule has 41 heavy (non-hydrogen) atoms. The maximum Gasteiger partial charge on any atom is 0.257 e. The number of nitrogens with zero attached hydrogens (tertiary/aromatic N) is 4. The predicted molar refractivity (Wildman–Crippen MR) is 155 cm³/mol. The van der Waals surface area contributed by atoms with E-state index in [-0.39, 0.29) is 60.7 Å². The number of likely N-dealkylation sites (tertiary alicyclic amines) is 1. The molecule has 0 saturated carbocycles. The molecule has 0 aliphatic carbocycles. The second-order valence-electron chi connectivity index (χ2n) is 10.4. The summed E-state index contributed by atoms with van der Waals surface area (Å²) in [6, 6.07) is 9.05. The van der Waals surface area contributed by atoms with Gasteiger partial charge in [0.1, 0.15) is 22.9 Å². The zero-order valence-electron chi connectivity index (χ0n) is 22.8. The van der Waals surface area contributed by atoms with Crippen LogP contribution in [0.15, 0.2) is 48.8 Å². The fraction of sp³-hybridized carbons (Fsp3) is 0.414. The molecule has 3 heterocycles. The quantitative estimate of drug-likeness (QED) is 0.353. The normalized spacial score (nSPS) is 21.8. The van der Waals surface area contributed by atoms with Crippen LogP contribution in [0.3, 0.4) is 0 Å². The first-order chi connectivity index (χ1) is 19.0. The molecule has 5 rings (SSSR count). The number of benzene rings is 2. The van der Waals surface area contributed by atoms with Crippen molar-refractivity contribution in [3.8, 4) is 0 Å². The lowest BCUT2D eigenvalue weighted by Gasteiger charge is -2.45. The second kappa shape index (κ2) is 11.7. The Morgan fingerprint density at radius 3 is 2.27 bits per heavy atom. The monoisotopic (exact) mass is 626 g/mol. The number of piperidine rings is 1. The molecule has 1 N–H and O–H groups in total. The molecule has 7 nitrogen and oxygen atoms in total. The number of aromatic nitrogens is 2. The van der Waals surface area contributed by atoms with E-state index in [2.05, 4.69) is 9.97 Å². The number of hydrogen-bond donors (Lipinski definition) is 1. The Balaban J connectivity index is 0.00000387. The highest BCUT2D eigenvalue weighted by atomic mass is 35.5. The standard InChI is InChI=1S/C29H30Cl2F2N4O3.ClH/c1-4-28(39,27(33)9-11-36(2)12-10-27)19-13-22-25(23(32)14-19)29(40-3,18-5-7-20(30)8-6-18)37(26(22)38)17-24-34-15-21(31)16-35-24;/h5-8,13-16,39H,4,9-12,17H2,1-3H3;1H/t28?,29-;/m1./s1. The van der Waals surface area contributed by atoms with Crippen molar-refractivity contribution >= 4 is 41.5 Å². The van der Waals surface area contributed by atoms with Crippen LogP contribution in [0.25, 0.3) is 0 Å². The summed E-state index contributed by atoms with van der Waals surface area (Å²) in [6.45, 7) is 2.41. The molecule has 2 aromatic carbocycles. The Morgan fingerprint density at radius 1 is 1.10 bits per heavy atom. The first-order valence-electron chi connectivity index (χ1n) is 13.0. The topological polar surface area (TPSA) is 78.8 Å². The number of rotatable bonds is 7. The molecule has 1 aromatic heterocycles. The molecule has 1 unspecified atom stereocenters. The fourth-order valence-electron chi connectivity index (χ4n) is 6.00. The molecule has 2 atom stereocenters. The highest BCUT2D eigenvalue weighted by Crippen LogP contribution is 2.51. The van der Waals surface area contributed by atoms with Crippen molar-refractivity contribution < 1.29 is 23.4 Å². The molecule has 220 valence electrons. The first-order valence-corrected chi connectivity index (χ1v) is 13.8. The molecular weight excluding hydrogens is 597 g/mol. The van der Waals surface area contributed by atoms with Gasteiger partial charge in [-0.1, -0.05) is 42.3 Å². The van der Waals surface area contributed by atoms with Crippen LogP contribution in [0.4, 0.5) is 8.78 Å². The SMILES string of the molecule is CCC(O)(c1cc(F)c2c(c1)C(=O)N(Cc1ncc(Cl)cn1)[C@@]2(OC)c1ccc(Cl)cc1)C1(F)CCN(C)CC1.Cl. The van der Waals surface area contributed by atoms with Gasteiger partial charge in [0.15, 0.2) is 5.72 Å². The number of ether oxygens (including phenoxy) is 1. The lowest BCUT2D eigenvalue weighted by molar-refractivity contribution is -0.136. The van der Waals surface area contributed by atoms with Gasteiger partial charge in [0.05, 0.1) is 22.7 Å². The highest BCUT2D eigenvalue weighted by molar-refractivity contribution is 6.30. The third-order valence-corrected chi connectivity index (χ3v) is 8.75. The fourth-order valence-corrected chi connectivity index (χ4v) is 6.22. The number of fused-ring (bicyclic) bond motifs is 1. The Hall–Kier alpha value is -2.40. The van der Waals surface area contributed by atoms with Gasteiger partial charge in [-0.15, -0.1) is 12.4 Å². The molecule has 2 aliphatic heterocycles. The number of carbonyl (C=O) groups is 1. The summed E-state index contributed by atoms with van der Waals surface area (Å²) in [7, 11) is 3.26. The minimum Gasteiger partial charge on any atom is -0.382 e. The van der Waals surface area contributed by atoms with E-state index in [0.29, 0.717) is 28.7 Å². The van der Waals surface area contributed by atoms with Gasteiger partial charge < -0.3 is 14.7 Å². The predicted octanol–water partition coefficient (Wildman–Crippen LogP) is 5.88. The van der Waals surface area contributed by atoms with Crippen LogP contribution in [0.1, 0.15) is 59.1 Å². The Bertz CT molecular complexity index is 1420. The maximum absolute atomic E-state index is 16.4. The van der Waals surface area contributed by atoms with Gasteiger partial charge in [-0.2, -0.15) is 0 Å². The summed E-state index contributed by atoms with van der Waals surface area (Å²) in [5.74, 6) is -1.14. The van der Waals surface area contributed by atoms with E-state index in [1.54, 1.807) is 31.2 Å². The van der Waals surface area contributed by atoms with Crippen molar-refractivity contribution in [3.63, 3.8) is 0 Å². The van der Waals surface area contributed by atoms with Crippen LogP contribution >= 0.6 is 35.6 Å². The van der Waals surface area contributed by atoms with Crippen molar-refractivity contribution in [2.24, 2.45) is 0 Å². The summed E-state index contributed by atoms with van der Waals surface area (Å²) in [5.41, 5.74) is -5.35. The van der Waals surface area contributed by atoms with Crippen molar-refractivity contribution in [1.29, 1.82) is 0 Å². The smallest absolute Gasteiger partial charge is 0.257 e. The van der Waals surface area contributed by atoms with Crippen LogP contribution in [0.2, 0.25) is 10.0 Å². The Kier molecular flexibility index (Phi) is 9.00. The molecule has 12 heteroatoms. The summed E-state index contributed by atoms with van der Waals surface area (Å²) in [4.78, 5) is 25.8. The van der Waals surface area contributed by atoms with Crippen LogP contribution in [0.5, 0.6) is 0 Å². The zero-order chi connectivity index (χ0) is 28.9. The minimum absolute atomic E-state index is 0. The van der Waals surface area contributed by atoms with Gasteiger partial charge in [-0.3, -0.25) is 9.69 Å². The second-order valence-corrected chi connectivity index (χ2v) is 11.3. The van der Waals surface area contributed by atoms with Crippen molar-refractivity contribution in [3.05, 3.63) is 92.7 Å². The molecule has 0 spiro atoms. The van der Waals surface area contributed by atoms with E-state index in [4.69, 9.17) is 27.9 Å². The number of alkyl halides is 1. The van der Waals surface area contributed by atoms with Crippen LogP contribution in [0, 0.1) is 5.82 Å². The van der Waals surface area contributed by atoms with Gasteiger partial charge in [0.25, 0.3) is 5.91 Å². The van der Waals surface area contributed by atoms with Crippen LogP contribution in [-0.4, -0.2) is 63.7 Å². The highest BCUT2D eigenvalue weighted by Gasteiger charge is 2.57. The Morgan fingerprint density at radius 2 is 1.71 bits per heavy atom. The van der Waals surface area contributed by atoms with Gasteiger partial charge in [0, 0.05) is 43.2 Å². The largest absolute Gasteiger partial charge is 0.382 e. The first kappa shape index (κ1) is 31.5. The van der Waals surface area contributed by atoms with Gasteiger partial charge in [0.2, 0.25) is 0 Å². The van der Waals surface area contributed by atoms with Crippen LogP contribution in [-0.2, 0) is 22.6 Å². The molecule has 0 radical (unpaired) electrons. The van der Waals surface area contributed by atoms with Crippen LogP contribution < -0.4 is 0 Å². The van der Waals surface area contributed by atoms with E-state index in [1.807, 2.05) is 11.9 Å². The lowest BCUT2D eigenvalue weighted by Crippen LogP contribution is -2.54. The van der Waals surface area contributed by atoms with Gasteiger partial charge >= 0.3 is 0 Å². The summed E-state index contributed by atoms with van der Waals surface area (Å²) in [5, 5.41) is 12.6. The van der Waals surface area contributed by atoms with Gasteiger partial charge in [-0.25, -0.2) is 18.7 Å². The molecule has 2 aliphatic rings. The molecule has 3 aromatic rings. The average Bonchev–Trinajstić information content (AvgIpc) is 3.19. The summed E-state index contributed by atoms with van der Waals surface area (Å²) >= 11 is 12.1. The molecule has 1 amide bonds. The number of amides is 1. The molecule has 1 saturated heterocycles. The number of carbonyl (C=O) groups excluding carboxylic acids is 1. The average molecular weight is 628 g/mol. The van der Waals surface area contributed by atoms with Crippen molar-refractivity contribution in [2.45, 2.75) is 49.7 Å². The van der Waals surface area contributed by atoms with E-state index in [1.165, 1.54) is 30.5 Å². The third-order valence-electron chi connectivity index (χ3n) is 8.30. The van der Waals surface area contributed by atoms with Gasteiger partial charge in [-0.05, 0) is 56.1 Å². The van der Waals surface area contributed by atoms with E-state index in [0.717, 1.165) is 6.07 Å². The summed E-state index contributed by atoms with van der Waals surface area (Å²) < 4.78 is 38.8. The molecule has 0 bridgehead atoms. The van der Waals surface area contributed by atoms with Crippen molar-refractivity contribution in [2.75, 3.05) is 27.2 Å². The number of halogens is 5. The van der Waals surface area contributed by atoms with Crippen molar-refractivity contribution in [1.82, 2.24) is 19.8 Å². The maximum atomic E-state index is 16.4. The number of methoxy groups -OCH3 is 1. The Labute approximate surface area is 253 Å². The van der Waals surface area contributed by atoms with E-state index >= 15 is 8.78 Å². The minimum atomic E-state index is -2.01.